The maximum atomic E-state index is 11.1. The van der Waals surface area contributed by atoms with Crippen LogP contribution in [-0.4, -0.2) is 18.6 Å². The highest BCUT2D eigenvalue weighted by Crippen LogP contribution is 2.26. The third-order valence-corrected chi connectivity index (χ3v) is 3.20. The number of esters is 1. The second-order valence-electron chi connectivity index (χ2n) is 4.64. The third-order valence-electron chi connectivity index (χ3n) is 3.20. The molecule has 0 aliphatic heterocycles. The number of unbranched alkanes of at least 4 members (excludes halogenated alkanes) is 1. The van der Waals surface area contributed by atoms with E-state index in [9.17, 15) is 4.79 Å². The summed E-state index contributed by atoms with van der Waals surface area (Å²) >= 11 is 0. The van der Waals surface area contributed by atoms with E-state index in [4.69, 9.17) is 10.3 Å². The highest BCUT2D eigenvalue weighted by Gasteiger charge is 2.21. The van der Waals surface area contributed by atoms with Crippen molar-refractivity contribution in [1.29, 1.82) is 0 Å². The third kappa shape index (κ3) is 6.17. The smallest absolute Gasteiger partial charge is 0.305 e. The Balaban J connectivity index is 2.31. The maximum Gasteiger partial charge on any atom is 0.305 e. The molecule has 104 valence electrons. The molecule has 1 fully saturated rings. The fourth-order valence-corrected chi connectivity index (χ4v) is 2.24. The lowest BCUT2D eigenvalue weighted by atomic mass is 9.85. The van der Waals surface area contributed by atoms with Crippen LogP contribution in [0.3, 0.4) is 0 Å². The van der Waals surface area contributed by atoms with Crippen LogP contribution in [0, 0.1) is 17.8 Å². The average Bonchev–Trinajstić information content (AvgIpc) is 2.41. The zero-order chi connectivity index (χ0) is 13.9. The Morgan fingerprint density at radius 2 is 2.26 bits per heavy atom. The van der Waals surface area contributed by atoms with Crippen LogP contribution in [0.5, 0.6) is 0 Å². The van der Waals surface area contributed by atoms with Crippen molar-refractivity contribution < 1.29 is 9.53 Å². The van der Waals surface area contributed by atoms with E-state index >= 15 is 0 Å². The van der Waals surface area contributed by atoms with E-state index in [1.807, 2.05) is 0 Å². The predicted molar refractivity (Wildman–Crippen MR) is 73.2 cm³/mol. The van der Waals surface area contributed by atoms with Crippen molar-refractivity contribution in [3.8, 4) is 11.8 Å². The molecule has 0 bridgehead atoms. The van der Waals surface area contributed by atoms with Gasteiger partial charge >= 0.3 is 5.97 Å². The van der Waals surface area contributed by atoms with Gasteiger partial charge in [0.25, 0.3) is 0 Å². The molecule has 0 amide bonds. The average molecular weight is 263 g/mol. The predicted octanol–water partition coefficient (Wildman–Crippen LogP) is 3.59. The van der Waals surface area contributed by atoms with Gasteiger partial charge in [0.15, 0.2) is 0 Å². The van der Waals surface area contributed by atoms with Crippen molar-refractivity contribution in [3.63, 3.8) is 0 Å². The summed E-state index contributed by atoms with van der Waals surface area (Å²) in [5.41, 5.74) is 8.52. The lowest BCUT2D eigenvalue weighted by molar-refractivity contribution is -0.143. The number of ether oxygens (including phenoxy) is 1. The van der Waals surface area contributed by atoms with Gasteiger partial charge < -0.3 is 4.74 Å². The van der Waals surface area contributed by atoms with Crippen molar-refractivity contribution in [3.05, 3.63) is 10.4 Å². The Morgan fingerprint density at radius 1 is 1.47 bits per heavy atom. The van der Waals surface area contributed by atoms with Crippen molar-refractivity contribution in [2.45, 2.75) is 57.9 Å². The molecule has 1 saturated carbocycles. The first-order valence-electron chi connectivity index (χ1n) is 6.96. The number of azide groups is 1. The number of hydrogen-bond donors (Lipinski definition) is 0. The maximum absolute atomic E-state index is 11.1. The standard InChI is InChI=1S/C14H21N3O2/c1-2-19-14(18)11-5-3-4-8-12-9-6-7-10-13(12)16-17-15/h12-13H,2-3,5-7,9-11H2,1H3/t12-,13+/m1/s1. The molecule has 0 aromatic carbocycles. The second kappa shape index (κ2) is 9.29. The summed E-state index contributed by atoms with van der Waals surface area (Å²) in [6.45, 7) is 2.23. The monoisotopic (exact) mass is 263 g/mol. The van der Waals surface area contributed by atoms with Crippen LogP contribution in [0.25, 0.3) is 10.4 Å². The van der Waals surface area contributed by atoms with Crippen LogP contribution in [0.15, 0.2) is 5.11 Å². The van der Waals surface area contributed by atoms with E-state index in [0.717, 1.165) is 32.1 Å². The minimum Gasteiger partial charge on any atom is -0.466 e. The molecule has 0 radical (unpaired) electrons. The Hall–Kier alpha value is -1.66. The first kappa shape index (κ1) is 15.4. The zero-order valence-corrected chi connectivity index (χ0v) is 11.5. The van der Waals surface area contributed by atoms with Crippen LogP contribution in [0.1, 0.15) is 51.9 Å². The van der Waals surface area contributed by atoms with E-state index < -0.39 is 0 Å². The minimum absolute atomic E-state index is 0.0244. The van der Waals surface area contributed by atoms with Gasteiger partial charge in [-0.2, -0.15) is 0 Å². The normalized spacial score (nSPS) is 21.7. The first-order chi connectivity index (χ1) is 9.27. The highest BCUT2D eigenvalue weighted by atomic mass is 16.5. The van der Waals surface area contributed by atoms with Gasteiger partial charge in [-0.1, -0.05) is 23.9 Å². The van der Waals surface area contributed by atoms with Crippen LogP contribution in [0.4, 0.5) is 0 Å². The number of carbonyl (C=O) groups excluding carboxylic acids is 1. The highest BCUT2D eigenvalue weighted by molar-refractivity contribution is 5.69. The first-order valence-corrected chi connectivity index (χ1v) is 6.96. The van der Waals surface area contributed by atoms with Crippen molar-refractivity contribution in [2.24, 2.45) is 11.0 Å². The van der Waals surface area contributed by atoms with Crippen LogP contribution >= 0.6 is 0 Å². The minimum atomic E-state index is -0.158. The molecule has 0 N–H and O–H groups in total. The molecule has 0 saturated heterocycles. The van der Waals surface area contributed by atoms with Gasteiger partial charge in [-0.3, -0.25) is 4.79 Å². The Morgan fingerprint density at radius 3 is 3.00 bits per heavy atom. The molecule has 0 aromatic rings. The van der Waals surface area contributed by atoms with Gasteiger partial charge in [-0.15, -0.1) is 5.92 Å². The molecule has 0 spiro atoms. The Labute approximate surface area is 114 Å². The molecule has 5 heteroatoms. The van der Waals surface area contributed by atoms with E-state index in [1.165, 1.54) is 0 Å². The topological polar surface area (TPSA) is 75.1 Å². The zero-order valence-electron chi connectivity index (χ0n) is 11.5. The summed E-state index contributed by atoms with van der Waals surface area (Å²) in [6.07, 6.45) is 6.06. The van der Waals surface area contributed by atoms with Crippen molar-refractivity contribution in [2.75, 3.05) is 6.61 Å². The van der Waals surface area contributed by atoms with Gasteiger partial charge in [-0.05, 0) is 31.7 Å². The largest absolute Gasteiger partial charge is 0.466 e. The van der Waals surface area contributed by atoms with Crippen molar-refractivity contribution in [1.82, 2.24) is 0 Å². The summed E-state index contributed by atoms with van der Waals surface area (Å²) in [6, 6.07) is 0.0244. The molecule has 0 heterocycles. The Kier molecular flexibility index (Phi) is 7.53. The van der Waals surface area contributed by atoms with Crippen LogP contribution in [-0.2, 0) is 9.53 Å². The molecule has 1 aliphatic rings. The van der Waals surface area contributed by atoms with Gasteiger partial charge in [0, 0.05) is 23.7 Å². The molecule has 5 nitrogen and oxygen atoms in total. The van der Waals surface area contributed by atoms with E-state index in [-0.39, 0.29) is 17.9 Å². The number of hydrogen-bond acceptors (Lipinski definition) is 3. The summed E-state index contributed by atoms with van der Waals surface area (Å²) < 4.78 is 4.85. The number of rotatable bonds is 5. The fourth-order valence-electron chi connectivity index (χ4n) is 2.24. The summed E-state index contributed by atoms with van der Waals surface area (Å²) in [7, 11) is 0. The van der Waals surface area contributed by atoms with Gasteiger partial charge in [0.2, 0.25) is 0 Å². The molecule has 0 aromatic heterocycles. The van der Waals surface area contributed by atoms with E-state index in [2.05, 4.69) is 21.9 Å². The fraction of sp³-hybridized carbons (Fsp3) is 0.786. The second-order valence-corrected chi connectivity index (χ2v) is 4.64. The molecule has 0 unspecified atom stereocenters. The Bertz CT molecular complexity index is 391. The summed E-state index contributed by atoms with van der Waals surface area (Å²) in [5, 5.41) is 3.82. The van der Waals surface area contributed by atoms with Crippen LogP contribution in [0.2, 0.25) is 0 Å². The molecular formula is C14H21N3O2. The molecule has 1 rings (SSSR count). The van der Waals surface area contributed by atoms with Crippen LogP contribution < -0.4 is 0 Å². The number of nitrogens with zero attached hydrogens (tertiary/aromatic N) is 3. The van der Waals surface area contributed by atoms with E-state index in [0.29, 0.717) is 19.4 Å². The van der Waals surface area contributed by atoms with Crippen molar-refractivity contribution >= 4 is 5.97 Å². The summed E-state index contributed by atoms with van der Waals surface area (Å²) in [4.78, 5) is 14.0. The van der Waals surface area contributed by atoms with Gasteiger partial charge in [0.1, 0.15) is 0 Å². The molecule has 1 aliphatic carbocycles. The molecule has 2 atom stereocenters. The lowest BCUT2D eigenvalue weighted by Gasteiger charge is -2.23. The SMILES string of the molecule is CCOC(=O)CCCC#C[C@@H]1CCCC[C@@H]1N=[N+]=[N-]. The number of carbonyl (C=O) groups is 1. The summed E-state index contributed by atoms with van der Waals surface area (Å²) in [5.74, 6) is 6.32. The van der Waals surface area contributed by atoms with Gasteiger partial charge in [0.05, 0.1) is 12.6 Å². The molecular weight excluding hydrogens is 242 g/mol. The molecule has 19 heavy (non-hydrogen) atoms. The van der Waals surface area contributed by atoms with Gasteiger partial charge in [-0.25, -0.2) is 0 Å². The quantitative estimate of drug-likeness (QED) is 0.190. The lowest BCUT2D eigenvalue weighted by Crippen LogP contribution is -2.21. The van der Waals surface area contributed by atoms with E-state index in [1.54, 1.807) is 6.92 Å².